The molecule has 1 aromatic carbocycles. The molecule has 0 saturated heterocycles. The van der Waals surface area contributed by atoms with Crippen molar-refractivity contribution in [1.29, 1.82) is 0 Å². The first-order valence-corrected chi connectivity index (χ1v) is 6.61. The number of carboxylic acid groups (broad SMARTS) is 1. The Morgan fingerprint density at radius 1 is 1.33 bits per heavy atom. The number of halogens is 3. The SMILES string of the molecule is CC(NC(C(=O)O)C1CC1)c1ccc(OC(F)(F)F)cc1. The predicted octanol–water partition coefficient (Wildman–Crippen LogP) is 3.10. The van der Waals surface area contributed by atoms with E-state index in [9.17, 15) is 18.0 Å². The van der Waals surface area contributed by atoms with Crippen molar-refractivity contribution in [3.63, 3.8) is 0 Å². The van der Waals surface area contributed by atoms with Crippen LogP contribution in [0.2, 0.25) is 0 Å². The van der Waals surface area contributed by atoms with Crippen LogP contribution in [0.1, 0.15) is 31.4 Å². The minimum Gasteiger partial charge on any atom is -0.480 e. The maximum Gasteiger partial charge on any atom is 0.573 e. The first-order chi connectivity index (χ1) is 9.76. The van der Waals surface area contributed by atoms with Gasteiger partial charge in [0.15, 0.2) is 0 Å². The Balaban J connectivity index is 1.99. The van der Waals surface area contributed by atoms with Gasteiger partial charge in [-0.25, -0.2) is 0 Å². The van der Waals surface area contributed by atoms with Crippen LogP contribution in [0.15, 0.2) is 24.3 Å². The number of ether oxygens (including phenoxy) is 1. The lowest BCUT2D eigenvalue weighted by Crippen LogP contribution is -2.40. The van der Waals surface area contributed by atoms with Gasteiger partial charge in [-0.2, -0.15) is 0 Å². The number of benzene rings is 1. The number of carboxylic acids is 1. The zero-order valence-corrected chi connectivity index (χ0v) is 11.4. The number of rotatable bonds is 6. The van der Waals surface area contributed by atoms with E-state index in [4.69, 9.17) is 5.11 Å². The highest BCUT2D eigenvalue weighted by atomic mass is 19.4. The number of carbonyl (C=O) groups is 1. The fourth-order valence-corrected chi connectivity index (χ4v) is 2.16. The minimum absolute atomic E-state index is 0.137. The molecule has 0 aliphatic heterocycles. The average Bonchev–Trinajstić information content (AvgIpc) is 3.18. The van der Waals surface area contributed by atoms with Gasteiger partial charge in [0.05, 0.1) is 0 Å². The second kappa shape index (κ2) is 5.93. The van der Waals surface area contributed by atoms with E-state index < -0.39 is 18.4 Å². The lowest BCUT2D eigenvalue weighted by molar-refractivity contribution is -0.274. The summed E-state index contributed by atoms with van der Waals surface area (Å²) in [6, 6.07) is 4.52. The van der Waals surface area contributed by atoms with Crippen LogP contribution in [0.25, 0.3) is 0 Å². The molecule has 1 aromatic rings. The summed E-state index contributed by atoms with van der Waals surface area (Å²) < 4.78 is 40.0. The molecule has 0 amide bonds. The van der Waals surface area contributed by atoms with Gasteiger partial charge in [0, 0.05) is 6.04 Å². The van der Waals surface area contributed by atoms with E-state index in [0.717, 1.165) is 12.8 Å². The van der Waals surface area contributed by atoms with E-state index in [1.54, 1.807) is 6.92 Å². The van der Waals surface area contributed by atoms with Gasteiger partial charge in [-0.3, -0.25) is 10.1 Å². The smallest absolute Gasteiger partial charge is 0.480 e. The second-order valence-corrected chi connectivity index (χ2v) is 5.16. The highest BCUT2D eigenvalue weighted by molar-refractivity contribution is 5.74. The second-order valence-electron chi connectivity index (χ2n) is 5.16. The topological polar surface area (TPSA) is 58.6 Å². The Kier molecular flexibility index (Phi) is 4.41. The fraction of sp³-hybridized carbons (Fsp3) is 0.500. The molecule has 0 bridgehead atoms. The van der Waals surface area contributed by atoms with Crippen LogP contribution in [0.4, 0.5) is 13.2 Å². The molecule has 1 aliphatic rings. The summed E-state index contributed by atoms with van der Waals surface area (Å²) in [6.45, 7) is 1.78. The molecule has 1 aliphatic carbocycles. The van der Waals surface area contributed by atoms with E-state index in [2.05, 4.69) is 10.1 Å². The monoisotopic (exact) mass is 303 g/mol. The summed E-state index contributed by atoms with van der Waals surface area (Å²) in [7, 11) is 0. The van der Waals surface area contributed by atoms with Gasteiger partial charge in [-0.1, -0.05) is 12.1 Å². The van der Waals surface area contributed by atoms with E-state index in [1.807, 2.05) is 0 Å². The average molecular weight is 303 g/mol. The highest BCUT2D eigenvalue weighted by Crippen LogP contribution is 2.34. The van der Waals surface area contributed by atoms with Crippen molar-refractivity contribution in [2.24, 2.45) is 5.92 Å². The molecule has 0 spiro atoms. The molecule has 0 aromatic heterocycles. The van der Waals surface area contributed by atoms with Crippen LogP contribution in [-0.2, 0) is 4.79 Å². The van der Waals surface area contributed by atoms with Gasteiger partial charge in [0.2, 0.25) is 0 Å². The molecular formula is C14H16F3NO3. The molecule has 116 valence electrons. The van der Waals surface area contributed by atoms with Crippen LogP contribution >= 0.6 is 0 Å². The molecule has 7 heteroatoms. The van der Waals surface area contributed by atoms with Crippen molar-refractivity contribution in [1.82, 2.24) is 5.32 Å². The van der Waals surface area contributed by atoms with Gasteiger partial charge >= 0.3 is 12.3 Å². The van der Waals surface area contributed by atoms with Crippen LogP contribution in [0.3, 0.4) is 0 Å². The third kappa shape index (κ3) is 4.63. The van der Waals surface area contributed by atoms with E-state index in [1.165, 1.54) is 24.3 Å². The largest absolute Gasteiger partial charge is 0.573 e. The molecule has 2 rings (SSSR count). The van der Waals surface area contributed by atoms with E-state index in [-0.39, 0.29) is 17.7 Å². The van der Waals surface area contributed by atoms with Crippen LogP contribution < -0.4 is 10.1 Å². The standard InChI is InChI=1S/C14H16F3NO3/c1-8(18-12(13(19)20)10-2-3-10)9-4-6-11(7-5-9)21-14(15,16)17/h4-8,10,12,18H,2-3H2,1H3,(H,19,20). The van der Waals surface area contributed by atoms with Crippen molar-refractivity contribution in [3.8, 4) is 5.75 Å². The Hall–Kier alpha value is -1.76. The number of hydrogen-bond acceptors (Lipinski definition) is 3. The lowest BCUT2D eigenvalue weighted by Gasteiger charge is -2.20. The summed E-state index contributed by atoms with van der Waals surface area (Å²) >= 11 is 0. The van der Waals surface area contributed by atoms with Gasteiger partial charge in [0.25, 0.3) is 0 Å². The van der Waals surface area contributed by atoms with Gasteiger partial charge in [-0.05, 0) is 43.4 Å². The quantitative estimate of drug-likeness (QED) is 0.848. The van der Waals surface area contributed by atoms with Crippen LogP contribution in [0, 0.1) is 5.92 Å². The fourth-order valence-electron chi connectivity index (χ4n) is 2.16. The lowest BCUT2D eigenvalue weighted by atomic mass is 10.1. The van der Waals surface area contributed by atoms with Crippen LogP contribution in [-0.4, -0.2) is 23.5 Å². The third-order valence-corrected chi connectivity index (χ3v) is 3.40. The summed E-state index contributed by atoms with van der Waals surface area (Å²) in [5, 5.41) is 12.1. The molecule has 1 fully saturated rings. The summed E-state index contributed by atoms with van der Waals surface area (Å²) in [6.07, 6.45) is -2.95. The first kappa shape index (κ1) is 15.6. The van der Waals surface area contributed by atoms with Crippen molar-refractivity contribution in [2.45, 2.75) is 38.2 Å². The Morgan fingerprint density at radius 3 is 2.33 bits per heavy atom. The number of hydrogen-bond donors (Lipinski definition) is 2. The van der Waals surface area contributed by atoms with Gasteiger partial charge in [-0.15, -0.1) is 13.2 Å². The van der Waals surface area contributed by atoms with Gasteiger partial charge < -0.3 is 9.84 Å². The van der Waals surface area contributed by atoms with Crippen molar-refractivity contribution >= 4 is 5.97 Å². The molecule has 21 heavy (non-hydrogen) atoms. The van der Waals surface area contributed by atoms with E-state index >= 15 is 0 Å². The molecule has 2 atom stereocenters. The number of aliphatic carboxylic acids is 1. The van der Waals surface area contributed by atoms with E-state index in [0.29, 0.717) is 5.56 Å². The maximum absolute atomic E-state index is 12.1. The summed E-state index contributed by atoms with van der Waals surface area (Å²) in [5.41, 5.74) is 0.705. The van der Waals surface area contributed by atoms with Gasteiger partial charge in [0.1, 0.15) is 11.8 Å². The molecule has 1 saturated carbocycles. The van der Waals surface area contributed by atoms with Crippen LogP contribution in [0.5, 0.6) is 5.75 Å². The van der Waals surface area contributed by atoms with Crippen molar-refractivity contribution < 1.29 is 27.8 Å². The van der Waals surface area contributed by atoms with Crippen molar-refractivity contribution in [3.05, 3.63) is 29.8 Å². The Labute approximate surface area is 119 Å². The normalized spacial score (nSPS) is 18.1. The predicted molar refractivity (Wildman–Crippen MR) is 68.8 cm³/mol. The Morgan fingerprint density at radius 2 is 1.90 bits per heavy atom. The van der Waals surface area contributed by atoms with Crippen molar-refractivity contribution in [2.75, 3.05) is 0 Å². The zero-order valence-electron chi connectivity index (χ0n) is 11.4. The zero-order chi connectivity index (χ0) is 15.6. The maximum atomic E-state index is 12.1. The number of nitrogens with one attached hydrogen (secondary N) is 1. The first-order valence-electron chi connectivity index (χ1n) is 6.61. The molecule has 0 radical (unpaired) electrons. The molecule has 2 N–H and O–H groups in total. The summed E-state index contributed by atoms with van der Waals surface area (Å²) in [5.74, 6) is -1.06. The Bertz CT molecular complexity index is 497. The molecular weight excluding hydrogens is 287 g/mol. The molecule has 2 unspecified atom stereocenters. The third-order valence-electron chi connectivity index (χ3n) is 3.40. The molecule has 4 nitrogen and oxygen atoms in total. The minimum atomic E-state index is -4.72. The molecule has 0 heterocycles. The number of alkyl halides is 3. The highest BCUT2D eigenvalue weighted by Gasteiger charge is 2.37. The summed E-state index contributed by atoms with van der Waals surface area (Å²) in [4.78, 5) is 11.2.